The minimum atomic E-state index is 0.171. The van der Waals surface area contributed by atoms with Crippen molar-refractivity contribution >= 4 is 5.91 Å². The lowest BCUT2D eigenvalue weighted by Gasteiger charge is -2.20. The number of phenols is 1. The lowest BCUT2D eigenvalue weighted by Crippen LogP contribution is -2.35. The fraction of sp³-hybridized carbons (Fsp3) is 0.500. The minimum absolute atomic E-state index is 0.171. The molecule has 1 aliphatic heterocycles. The summed E-state index contributed by atoms with van der Waals surface area (Å²) in [4.78, 5) is 16.2. The van der Waals surface area contributed by atoms with Crippen molar-refractivity contribution in [1.82, 2.24) is 9.80 Å². The van der Waals surface area contributed by atoms with Gasteiger partial charge in [-0.15, -0.1) is 0 Å². The van der Waals surface area contributed by atoms with Crippen molar-refractivity contribution in [3.05, 3.63) is 29.8 Å². The zero-order valence-electron chi connectivity index (χ0n) is 11.0. The highest BCUT2D eigenvalue weighted by molar-refractivity contribution is 5.79. The summed E-state index contributed by atoms with van der Waals surface area (Å²) in [6.45, 7) is 1.67. The monoisotopic (exact) mass is 248 g/mol. The van der Waals surface area contributed by atoms with Crippen LogP contribution in [0.2, 0.25) is 0 Å². The van der Waals surface area contributed by atoms with Crippen LogP contribution in [-0.2, 0) is 11.2 Å². The Balaban J connectivity index is 1.91. The molecular formula is C14H20N2O2. The molecule has 0 aliphatic carbocycles. The second-order valence-electron chi connectivity index (χ2n) is 5.09. The van der Waals surface area contributed by atoms with E-state index >= 15 is 0 Å². The Bertz CT molecular complexity index is 414. The van der Waals surface area contributed by atoms with Crippen molar-refractivity contribution < 1.29 is 9.90 Å². The summed E-state index contributed by atoms with van der Waals surface area (Å²) in [6, 6.07) is 7.32. The van der Waals surface area contributed by atoms with Gasteiger partial charge in [0.05, 0.1) is 6.42 Å². The largest absolute Gasteiger partial charge is 0.508 e. The van der Waals surface area contributed by atoms with Crippen LogP contribution in [0.4, 0.5) is 0 Å². The summed E-state index contributed by atoms with van der Waals surface area (Å²) >= 11 is 0. The average molecular weight is 248 g/mol. The van der Waals surface area contributed by atoms with Gasteiger partial charge < -0.3 is 14.9 Å². The Morgan fingerprint density at radius 3 is 2.61 bits per heavy atom. The van der Waals surface area contributed by atoms with Gasteiger partial charge >= 0.3 is 0 Å². The number of carbonyl (C=O) groups excluding carboxylic acids is 1. The van der Waals surface area contributed by atoms with Gasteiger partial charge in [0.25, 0.3) is 0 Å². The van der Waals surface area contributed by atoms with Crippen molar-refractivity contribution in [3.63, 3.8) is 0 Å². The summed E-state index contributed by atoms with van der Waals surface area (Å²) in [7, 11) is 4.11. The first-order valence-corrected chi connectivity index (χ1v) is 6.28. The normalized spacial score (nSPS) is 19.5. The molecule has 1 amide bonds. The van der Waals surface area contributed by atoms with Crippen LogP contribution in [0.1, 0.15) is 12.0 Å². The third kappa shape index (κ3) is 3.01. The molecule has 0 spiro atoms. The highest BCUT2D eigenvalue weighted by Gasteiger charge is 2.27. The maximum Gasteiger partial charge on any atom is 0.227 e. The molecule has 1 heterocycles. The number of likely N-dealkylation sites (tertiary alicyclic amines) is 1. The predicted molar refractivity (Wildman–Crippen MR) is 70.5 cm³/mol. The molecule has 1 fully saturated rings. The van der Waals surface area contributed by atoms with E-state index in [1.807, 2.05) is 4.90 Å². The predicted octanol–water partition coefficient (Wildman–Crippen LogP) is 1.10. The Morgan fingerprint density at radius 1 is 1.39 bits per heavy atom. The first-order valence-electron chi connectivity index (χ1n) is 6.28. The van der Waals surface area contributed by atoms with Crippen LogP contribution in [0.3, 0.4) is 0 Å². The van der Waals surface area contributed by atoms with Gasteiger partial charge in [-0.1, -0.05) is 12.1 Å². The quantitative estimate of drug-likeness (QED) is 0.871. The average Bonchev–Trinajstić information content (AvgIpc) is 2.81. The van der Waals surface area contributed by atoms with Crippen molar-refractivity contribution in [3.8, 4) is 5.75 Å². The molecule has 0 bridgehead atoms. The zero-order valence-corrected chi connectivity index (χ0v) is 11.0. The second kappa shape index (κ2) is 5.40. The zero-order chi connectivity index (χ0) is 13.1. The van der Waals surface area contributed by atoms with Crippen molar-refractivity contribution in [2.24, 2.45) is 0 Å². The van der Waals surface area contributed by atoms with E-state index in [9.17, 15) is 9.90 Å². The van der Waals surface area contributed by atoms with Gasteiger partial charge in [0.2, 0.25) is 5.91 Å². The molecule has 1 aromatic carbocycles. The summed E-state index contributed by atoms with van der Waals surface area (Å²) in [5.41, 5.74) is 0.950. The van der Waals surface area contributed by atoms with E-state index in [0.29, 0.717) is 12.5 Å². The van der Waals surface area contributed by atoms with Crippen LogP contribution in [0.5, 0.6) is 5.75 Å². The van der Waals surface area contributed by atoms with Crippen LogP contribution in [0.15, 0.2) is 24.3 Å². The van der Waals surface area contributed by atoms with E-state index in [2.05, 4.69) is 19.0 Å². The molecule has 18 heavy (non-hydrogen) atoms. The minimum Gasteiger partial charge on any atom is -0.508 e. The van der Waals surface area contributed by atoms with Crippen molar-refractivity contribution in [2.75, 3.05) is 27.2 Å². The number of phenolic OH excluding ortho intramolecular Hbond substituents is 1. The van der Waals surface area contributed by atoms with E-state index in [1.165, 1.54) is 0 Å². The summed E-state index contributed by atoms with van der Waals surface area (Å²) < 4.78 is 0. The Hall–Kier alpha value is -1.55. The van der Waals surface area contributed by atoms with E-state index < -0.39 is 0 Å². The highest BCUT2D eigenvalue weighted by Crippen LogP contribution is 2.16. The van der Waals surface area contributed by atoms with E-state index in [-0.39, 0.29) is 11.7 Å². The van der Waals surface area contributed by atoms with Gasteiger partial charge in [0.1, 0.15) is 5.75 Å². The smallest absolute Gasteiger partial charge is 0.227 e. The van der Waals surface area contributed by atoms with Gasteiger partial charge in [-0.2, -0.15) is 0 Å². The number of aromatic hydroxyl groups is 1. The summed E-state index contributed by atoms with van der Waals surface area (Å²) in [5.74, 6) is 0.407. The van der Waals surface area contributed by atoms with Gasteiger partial charge in [0.15, 0.2) is 0 Å². The number of hydrogen-bond donors (Lipinski definition) is 1. The van der Waals surface area contributed by atoms with Gasteiger partial charge in [-0.25, -0.2) is 0 Å². The number of nitrogens with zero attached hydrogens (tertiary/aromatic N) is 2. The van der Waals surface area contributed by atoms with Gasteiger partial charge in [-0.05, 0) is 38.2 Å². The first-order chi connectivity index (χ1) is 8.56. The number of rotatable bonds is 3. The molecule has 4 heteroatoms. The lowest BCUT2D eigenvalue weighted by molar-refractivity contribution is -0.129. The molecule has 0 saturated carbocycles. The molecule has 1 aromatic rings. The van der Waals surface area contributed by atoms with Crippen LogP contribution < -0.4 is 0 Å². The number of benzene rings is 1. The van der Waals surface area contributed by atoms with Crippen LogP contribution in [0, 0.1) is 0 Å². The molecular weight excluding hydrogens is 228 g/mol. The summed E-state index contributed by atoms with van der Waals surface area (Å²) in [6.07, 6.45) is 1.47. The SMILES string of the molecule is CN(C)C1CCN(C(=O)Cc2ccc(O)cc2)C1. The van der Waals surface area contributed by atoms with Crippen LogP contribution in [-0.4, -0.2) is 54.0 Å². The molecule has 4 nitrogen and oxygen atoms in total. The van der Waals surface area contributed by atoms with Crippen molar-refractivity contribution in [1.29, 1.82) is 0 Å². The molecule has 0 radical (unpaired) electrons. The fourth-order valence-electron chi connectivity index (χ4n) is 2.29. The molecule has 1 aliphatic rings. The topological polar surface area (TPSA) is 43.8 Å². The molecule has 1 saturated heterocycles. The fourth-order valence-corrected chi connectivity index (χ4v) is 2.29. The van der Waals surface area contributed by atoms with Crippen molar-refractivity contribution in [2.45, 2.75) is 18.9 Å². The second-order valence-corrected chi connectivity index (χ2v) is 5.09. The standard InChI is InChI=1S/C14H20N2O2/c1-15(2)12-7-8-16(10-12)14(18)9-11-3-5-13(17)6-4-11/h3-6,12,17H,7-10H2,1-2H3. The Labute approximate surface area is 108 Å². The first kappa shape index (κ1) is 12.9. The molecule has 1 unspecified atom stereocenters. The Morgan fingerprint density at radius 2 is 2.06 bits per heavy atom. The number of amides is 1. The Kier molecular flexibility index (Phi) is 3.87. The number of hydrogen-bond acceptors (Lipinski definition) is 3. The third-order valence-electron chi connectivity index (χ3n) is 3.54. The maximum atomic E-state index is 12.1. The molecule has 2 rings (SSSR count). The lowest BCUT2D eigenvalue weighted by atomic mass is 10.1. The van der Waals surface area contributed by atoms with E-state index in [1.54, 1.807) is 24.3 Å². The highest BCUT2D eigenvalue weighted by atomic mass is 16.3. The number of carbonyl (C=O) groups is 1. The maximum absolute atomic E-state index is 12.1. The third-order valence-corrected chi connectivity index (χ3v) is 3.54. The number of likely N-dealkylation sites (N-methyl/N-ethyl adjacent to an activating group) is 1. The summed E-state index contributed by atoms with van der Waals surface area (Å²) in [5, 5.41) is 9.20. The van der Waals surface area contributed by atoms with Gasteiger partial charge in [0, 0.05) is 19.1 Å². The van der Waals surface area contributed by atoms with E-state index in [0.717, 1.165) is 25.1 Å². The molecule has 1 N–H and O–H groups in total. The van der Waals surface area contributed by atoms with E-state index in [4.69, 9.17) is 0 Å². The van der Waals surface area contributed by atoms with Crippen LogP contribution in [0.25, 0.3) is 0 Å². The molecule has 0 aromatic heterocycles. The van der Waals surface area contributed by atoms with Gasteiger partial charge in [-0.3, -0.25) is 4.79 Å². The molecule has 1 atom stereocenters. The molecule has 98 valence electrons. The van der Waals surface area contributed by atoms with Crippen LogP contribution >= 0.6 is 0 Å².